The number of sulfonamides is 1. The highest BCUT2D eigenvalue weighted by atomic mass is 32.2. The van der Waals surface area contributed by atoms with Crippen LogP contribution >= 0.6 is 0 Å². The Morgan fingerprint density at radius 3 is 2.58 bits per heavy atom. The molecule has 24 heavy (non-hydrogen) atoms. The third-order valence-electron chi connectivity index (χ3n) is 3.79. The van der Waals surface area contributed by atoms with Crippen molar-refractivity contribution in [1.82, 2.24) is 9.88 Å². The van der Waals surface area contributed by atoms with Crippen molar-refractivity contribution < 1.29 is 17.4 Å². The van der Waals surface area contributed by atoms with E-state index in [4.69, 9.17) is 8.94 Å². The topological polar surface area (TPSA) is 85.3 Å². The van der Waals surface area contributed by atoms with E-state index in [2.05, 4.69) is 9.88 Å². The molecule has 0 saturated carbocycles. The van der Waals surface area contributed by atoms with E-state index in [1.807, 2.05) is 37.3 Å². The molecular formula is C17H18N2O4S. The second kappa shape index (κ2) is 6.62. The molecule has 1 aromatic carbocycles. The maximum absolute atomic E-state index is 12.6. The summed E-state index contributed by atoms with van der Waals surface area (Å²) in [7, 11) is -3.67. The van der Waals surface area contributed by atoms with Gasteiger partial charge in [-0.2, -0.15) is 0 Å². The first kappa shape index (κ1) is 16.5. The minimum absolute atomic E-state index is 0.0573. The average molecular weight is 346 g/mol. The fourth-order valence-electron chi connectivity index (χ4n) is 2.41. The smallest absolute Gasteiger partial charge is 0.244 e. The summed E-state index contributed by atoms with van der Waals surface area (Å²) in [5, 5.41) is 3.59. The quantitative estimate of drug-likeness (QED) is 0.740. The Morgan fingerprint density at radius 1 is 1.17 bits per heavy atom. The van der Waals surface area contributed by atoms with Crippen molar-refractivity contribution in [3.63, 3.8) is 0 Å². The molecule has 1 N–H and O–H groups in total. The van der Waals surface area contributed by atoms with Gasteiger partial charge in [0.15, 0.2) is 5.76 Å². The van der Waals surface area contributed by atoms with E-state index in [0.29, 0.717) is 23.8 Å². The lowest BCUT2D eigenvalue weighted by atomic mass is 10.0. The van der Waals surface area contributed by atoms with Crippen LogP contribution in [0.15, 0.2) is 62.5 Å². The largest absolute Gasteiger partial charge is 0.457 e. The van der Waals surface area contributed by atoms with Gasteiger partial charge in [0, 0.05) is 18.7 Å². The van der Waals surface area contributed by atoms with Crippen LogP contribution < -0.4 is 4.72 Å². The molecule has 0 aliphatic carbocycles. The first-order chi connectivity index (χ1) is 11.5. The van der Waals surface area contributed by atoms with Crippen LogP contribution in [0.3, 0.4) is 0 Å². The molecule has 3 aromatic rings. The highest BCUT2D eigenvalue weighted by Crippen LogP contribution is 2.28. The lowest BCUT2D eigenvalue weighted by Gasteiger charge is -2.13. The van der Waals surface area contributed by atoms with Crippen molar-refractivity contribution in [2.75, 3.05) is 6.54 Å². The van der Waals surface area contributed by atoms with Gasteiger partial charge < -0.3 is 8.94 Å². The van der Waals surface area contributed by atoms with Crippen molar-refractivity contribution in [2.45, 2.75) is 24.7 Å². The molecule has 126 valence electrons. The van der Waals surface area contributed by atoms with E-state index in [1.165, 1.54) is 12.3 Å². The summed E-state index contributed by atoms with van der Waals surface area (Å²) in [6.07, 6.45) is 1.47. The Balaban J connectivity index is 1.76. The highest BCUT2D eigenvalue weighted by molar-refractivity contribution is 7.89. The van der Waals surface area contributed by atoms with Crippen LogP contribution in [0.5, 0.6) is 0 Å². The summed E-state index contributed by atoms with van der Waals surface area (Å²) < 4.78 is 38.2. The lowest BCUT2D eigenvalue weighted by Crippen LogP contribution is -2.27. The van der Waals surface area contributed by atoms with E-state index >= 15 is 0 Å². The second-order valence-corrected chi connectivity index (χ2v) is 7.31. The molecule has 2 heterocycles. The van der Waals surface area contributed by atoms with Crippen molar-refractivity contribution >= 4 is 10.0 Å². The number of benzene rings is 1. The zero-order valence-electron chi connectivity index (χ0n) is 13.4. The van der Waals surface area contributed by atoms with Crippen LogP contribution in [0.25, 0.3) is 11.5 Å². The van der Waals surface area contributed by atoms with Crippen molar-refractivity contribution in [3.8, 4) is 11.5 Å². The Morgan fingerprint density at radius 2 is 1.92 bits per heavy atom. The first-order valence-electron chi connectivity index (χ1n) is 7.53. The van der Waals surface area contributed by atoms with Crippen LogP contribution in [0, 0.1) is 6.92 Å². The molecular weight excluding hydrogens is 328 g/mol. The summed E-state index contributed by atoms with van der Waals surface area (Å²) in [5.41, 5.74) is 1.08. The minimum atomic E-state index is -3.67. The van der Waals surface area contributed by atoms with Crippen LogP contribution in [0.1, 0.15) is 24.2 Å². The van der Waals surface area contributed by atoms with Crippen LogP contribution in [-0.2, 0) is 10.0 Å². The summed E-state index contributed by atoms with van der Waals surface area (Å²) in [5.74, 6) is 1.09. The Kier molecular flexibility index (Phi) is 4.55. The third-order valence-corrected chi connectivity index (χ3v) is 5.32. The maximum atomic E-state index is 12.6. The predicted octanol–water partition coefficient (Wildman–Crippen LogP) is 3.33. The van der Waals surface area contributed by atoms with Gasteiger partial charge >= 0.3 is 0 Å². The highest BCUT2D eigenvalue weighted by Gasteiger charge is 2.23. The van der Waals surface area contributed by atoms with Gasteiger partial charge in [0.1, 0.15) is 10.7 Å². The van der Waals surface area contributed by atoms with Gasteiger partial charge in [-0.1, -0.05) is 42.4 Å². The van der Waals surface area contributed by atoms with Crippen LogP contribution in [-0.4, -0.2) is 20.1 Å². The molecule has 1 atom stereocenters. The van der Waals surface area contributed by atoms with Gasteiger partial charge in [-0.3, -0.25) is 0 Å². The number of aromatic nitrogens is 1. The predicted molar refractivity (Wildman–Crippen MR) is 89.0 cm³/mol. The zero-order chi connectivity index (χ0) is 17.2. The summed E-state index contributed by atoms with van der Waals surface area (Å²) in [6, 6.07) is 12.8. The number of nitrogens with zero attached hydrogens (tertiary/aromatic N) is 1. The number of aryl methyl sites for hydroxylation is 1. The van der Waals surface area contributed by atoms with Gasteiger partial charge in [-0.05, 0) is 18.4 Å². The van der Waals surface area contributed by atoms with E-state index in [0.717, 1.165) is 5.56 Å². The maximum Gasteiger partial charge on any atom is 0.244 e. The van der Waals surface area contributed by atoms with Gasteiger partial charge in [0.05, 0.1) is 6.20 Å². The Hall–Kier alpha value is -2.38. The molecule has 0 amide bonds. The molecule has 2 aromatic heterocycles. The van der Waals surface area contributed by atoms with Gasteiger partial charge in [-0.25, -0.2) is 13.1 Å². The van der Waals surface area contributed by atoms with Crippen LogP contribution in [0.4, 0.5) is 0 Å². The third kappa shape index (κ3) is 3.42. The standard InChI is InChI=1S/C17H18N2O4S/c1-12(14-6-4-3-5-7-14)11-19-24(20,21)17-10-16(22-13(17)2)15-8-9-18-23-15/h3-10,12,19H,11H2,1-2H3/t12-/m0/s1. The van der Waals surface area contributed by atoms with Crippen LogP contribution in [0.2, 0.25) is 0 Å². The second-order valence-electron chi connectivity index (χ2n) is 5.57. The van der Waals surface area contributed by atoms with E-state index in [9.17, 15) is 8.42 Å². The molecule has 0 aliphatic heterocycles. The number of hydrogen-bond donors (Lipinski definition) is 1. The normalized spacial score (nSPS) is 13.1. The lowest BCUT2D eigenvalue weighted by molar-refractivity contribution is 0.414. The molecule has 0 unspecified atom stereocenters. The number of hydrogen-bond acceptors (Lipinski definition) is 5. The van der Waals surface area contributed by atoms with Gasteiger partial charge in [-0.15, -0.1) is 0 Å². The van der Waals surface area contributed by atoms with Gasteiger partial charge in [0.25, 0.3) is 0 Å². The summed E-state index contributed by atoms with van der Waals surface area (Å²) in [4.78, 5) is 0.106. The molecule has 0 fully saturated rings. The monoisotopic (exact) mass is 346 g/mol. The summed E-state index contributed by atoms with van der Waals surface area (Å²) >= 11 is 0. The number of rotatable bonds is 6. The Labute approximate surface area is 140 Å². The molecule has 0 aliphatic rings. The molecule has 3 rings (SSSR count). The van der Waals surface area contributed by atoms with E-state index in [-0.39, 0.29) is 10.8 Å². The number of nitrogens with one attached hydrogen (secondary N) is 1. The van der Waals surface area contributed by atoms with Crippen molar-refractivity contribution in [3.05, 3.63) is 60.0 Å². The molecule has 6 nitrogen and oxygen atoms in total. The average Bonchev–Trinajstić information content (AvgIpc) is 3.23. The number of furan rings is 1. The fourth-order valence-corrected chi connectivity index (χ4v) is 3.72. The van der Waals surface area contributed by atoms with Gasteiger partial charge in [0.2, 0.25) is 15.8 Å². The molecule has 0 spiro atoms. The molecule has 0 radical (unpaired) electrons. The van der Waals surface area contributed by atoms with E-state index < -0.39 is 10.0 Å². The fraction of sp³-hybridized carbons (Fsp3) is 0.235. The SMILES string of the molecule is Cc1oc(-c2ccno2)cc1S(=O)(=O)NC[C@H](C)c1ccccc1. The Bertz CT molecular complexity index is 899. The molecule has 0 bridgehead atoms. The molecule has 0 saturated heterocycles. The minimum Gasteiger partial charge on any atom is -0.457 e. The zero-order valence-corrected chi connectivity index (χ0v) is 14.2. The van der Waals surface area contributed by atoms with Crippen molar-refractivity contribution in [1.29, 1.82) is 0 Å². The van der Waals surface area contributed by atoms with Crippen molar-refractivity contribution in [2.24, 2.45) is 0 Å². The van der Waals surface area contributed by atoms with E-state index in [1.54, 1.807) is 13.0 Å². The summed E-state index contributed by atoms with van der Waals surface area (Å²) in [6.45, 7) is 3.88. The molecule has 7 heteroatoms. The first-order valence-corrected chi connectivity index (χ1v) is 9.02.